The van der Waals surface area contributed by atoms with Gasteiger partial charge in [0.25, 0.3) is 0 Å². The molecule has 1 aromatic carbocycles. The van der Waals surface area contributed by atoms with E-state index in [0.717, 1.165) is 0 Å². The van der Waals surface area contributed by atoms with Gasteiger partial charge in [-0.05, 0) is 0 Å². The lowest BCUT2D eigenvalue weighted by atomic mass is 9.88. The third-order valence-electron chi connectivity index (χ3n) is 3.38. The Labute approximate surface area is 133 Å². The molecule has 112 valence electrons. The van der Waals surface area contributed by atoms with Gasteiger partial charge in [0, 0.05) is 42.5 Å². The minimum Gasteiger partial charge on any atom is -0.507 e. The SMILES string of the molecule is O=C1C(=O)c2ccccc2C(O)=C1CN(CCCl)CCCl. The molecule has 21 heavy (non-hydrogen) atoms. The highest BCUT2D eigenvalue weighted by Gasteiger charge is 2.33. The van der Waals surface area contributed by atoms with Gasteiger partial charge in [0.05, 0.1) is 5.57 Å². The van der Waals surface area contributed by atoms with Crippen molar-refractivity contribution in [3.63, 3.8) is 0 Å². The van der Waals surface area contributed by atoms with Gasteiger partial charge in [0.2, 0.25) is 11.6 Å². The summed E-state index contributed by atoms with van der Waals surface area (Å²) in [6.45, 7) is 1.20. The van der Waals surface area contributed by atoms with Crippen molar-refractivity contribution in [2.75, 3.05) is 31.4 Å². The lowest BCUT2D eigenvalue weighted by Crippen LogP contribution is -2.35. The fraction of sp³-hybridized carbons (Fsp3) is 0.333. The summed E-state index contributed by atoms with van der Waals surface area (Å²) in [5.74, 6) is -0.632. The molecule has 1 N–H and O–H groups in total. The Morgan fingerprint density at radius 1 is 0.952 bits per heavy atom. The summed E-state index contributed by atoms with van der Waals surface area (Å²) in [6, 6.07) is 6.54. The van der Waals surface area contributed by atoms with Crippen molar-refractivity contribution in [3.8, 4) is 0 Å². The molecule has 0 saturated heterocycles. The van der Waals surface area contributed by atoms with Gasteiger partial charge in [-0.15, -0.1) is 23.2 Å². The first kappa shape index (κ1) is 16.0. The first-order chi connectivity index (χ1) is 10.1. The van der Waals surface area contributed by atoms with Crippen LogP contribution in [0.25, 0.3) is 5.76 Å². The molecule has 0 unspecified atom stereocenters. The summed E-state index contributed by atoms with van der Waals surface area (Å²) in [6.07, 6.45) is 0. The third-order valence-corrected chi connectivity index (χ3v) is 3.71. The fourth-order valence-electron chi connectivity index (χ4n) is 2.30. The summed E-state index contributed by atoms with van der Waals surface area (Å²) in [7, 11) is 0. The van der Waals surface area contributed by atoms with E-state index < -0.39 is 11.6 Å². The van der Waals surface area contributed by atoms with E-state index in [9.17, 15) is 14.7 Å². The van der Waals surface area contributed by atoms with Crippen LogP contribution in [0.3, 0.4) is 0 Å². The van der Waals surface area contributed by atoms with Crippen molar-refractivity contribution in [2.24, 2.45) is 0 Å². The predicted molar refractivity (Wildman–Crippen MR) is 83.2 cm³/mol. The van der Waals surface area contributed by atoms with Gasteiger partial charge in [-0.1, -0.05) is 24.3 Å². The molecule has 0 radical (unpaired) electrons. The Hall–Kier alpha value is -1.36. The van der Waals surface area contributed by atoms with E-state index in [-0.39, 0.29) is 23.4 Å². The lowest BCUT2D eigenvalue weighted by Gasteiger charge is -2.24. The second kappa shape index (κ2) is 7.07. The first-order valence-corrected chi connectivity index (χ1v) is 7.62. The van der Waals surface area contributed by atoms with Crippen LogP contribution in [0.5, 0.6) is 0 Å². The molecular formula is C15H15Cl2NO3. The monoisotopic (exact) mass is 327 g/mol. The number of carbonyl (C=O) groups is 2. The predicted octanol–water partition coefficient (Wildman–Crippen LogP) is 2.50. The first-order valence-electron chi connectivity index (χ1n) is 6.55. The number of hydrogen-bond acceptors (Lipinski definition) is 4. The average Bonchev–Trinajstić information content (AvgIpc) is 2.49. The summed E-state index contributed by atoms with van der Waals surface area (Å²) < 4.78 is 0. The van der Waals surface area contributed by atoms with E-state index in [2.05, 4.69) is 0 Å². The zero-order valence-corrected chi connectivity index (χ0v) is 12.8. The number of halogens is 2. The van der Waals surface area contributed by atoms with Crippen molar-refractivity contribution in [1.82, 2.24) is 4.90 Å². The van der Waals surface area contributed by atoms with E-state index in [0.29, 0.717) is 30.4 Å². The van der Waals surface area contributed by atoms with Gasteiger partial charge in [-0.3, -0.25) is 14.5 Å². The van der Waals surface area contributed by atoms with Crippen LogP contribution in [0.1, 0.15) is 15.9 Å². The second-order valence-electron chi connectivity index (χ2n) is 4.69. The Morgan fingerprint density at radius 2 is 1.52 bits per heavy atom. The normalized spacial score (nSPS) is 14.8. The summed E-state index contributed by atoms with van der Waals surface area (Å²) >= 11 is 11.4. The number of ketones is 2. The molecule has 0 aromatic heterocycles. The Kier molecular flexibility index (Phi) is 5.39. The van der Waals surface area contributed by atoms with Crippen LogP contribution >= 0.6 is 23.2 Å². The van der Waals surface area contributed by atoms with Crippen LogP contribution < -0.4 is 0 Å². The number of fused-ring (bicyclic) bond motifs is 1. The summed E-state index contributed by atoms with van der Waals surface area (Å²) in [4.78, 5) is 26.1. The molecule has 0 bridgehead atoms. The standard InChI is InChI=1S/C15H15Cl2NO3/c16-5-7-18(8-6-17)9-12-13(19)10-3-1-2-4-11(10)14(20)15(12)21/h1-4,19H,5-9H2. The van der Waals surface area contributed by atoms with Crippen LogP contribution in [0, 0.1) is 0 Å². The summed E-state index contributed by atoms with van der Waals surface area (Å²) in [5.41, 5.74) is 0.743. The second-order valence-corrected chi connectivity index (χ2v) is 5.44. The molecule has 1 aliphatic carbocycles. The molecule has 0 fully saturated rings. The maximum Gasteiger partial charge on any atom is 0.234 e. The largest absolute Gasteiger partial charge is 0.507 e. The minimum absolute atomic E-state index is 0.105. The molecule has 2 rings (SSSR count). The zero-order valence-electron chi connectivity index (χ0n) is 11.3. The number of alkyl halides is 2. The molecular weight excluding hydrogens is 313 g/mol. The molecule has 0 aliphatic heterocycles. The molecule has 0 heterocycles. The molecule has 0 amide bonds. The van der Waals surface area contributed by atoms with E-state index >= 15 is 0 Å². The van der Waals surface area contributed by atoms with Crippen LogP contribution in [0.2, 0.25) is 0 Å². The number of carbonyl (C=O) groups excluding carboxylic acids is 2. The van der Waals surface area contributed by atoms with Gasteiger partial charge < -0.3 is 5.11 Å². The number of aliphatic hydroxyl groups excluding tert-OH is 1. The van der Waals surface area contributed by atoms with E-state index in [1.165, 1.54) is 6.07 Å². The van der Waals surface area contributed by atoms with Crippen LogP contribution in [-0.2, 0) is 4.79 Å². The van der Waals surface area contributed by atoms with Gasteiger partial charge >= 0.3 is 0 Å². The molecule has 0 saturated carbocycles. The quantitative estimate of drug-likeness (QED) is 0.644. The maximum atomic E-state index is 12.2. The highest BCUT2D eigenvalue weighted by atomic mass is 35.5. The van der Waals surface area contributed by atoms with Crippen LogP contribution in [0.4, 0.5) is 0 Å². The topological polar surface area (TPSA) is 57.6 Å². The van der Waals surface area contributed by atoms with Crippen molar-refractivity contribution in [1.29, 1.82) is 0 Å². The molecule has 0 atom stereocenters. The van der Waals surface area contributed by atoms with Crippen molar-refractivity contribution in [3.05, 3.63) is 41.0 Å². The van der Waals surface area contributed by atoms with E-state index in [1.54, 1.807) is 18.2 Å². The lowest BCUT2D eigenvalue weighted by molar-refractivity contribution is -0.112. The van der Waals surface area contributed by atoms with Gasteiger partial charge in [0.1, 0.15) is 5.76 Å². The molecule has 6 heteroatoms. The summed E-state index contributed by atoms with van der Waals surface area (Å²) in [5, 5.41) is 10.3. The van der Waals surface area contributed by atoms with E-state index in [1.807, 2.05) is 4.90 Å². The highest BCUT2D eigenvalue weighted by molar-refractivity contribution is 6.52. The molecule has 1 aromatic rings. The van der Waals surface area contributed by atoms with Crippen molar-refractivity contribution in [2.45, 2.75) is 0 Å². The van der Waals surface area contributed by atoms with Crippen LogP contribution in [0.15, 0.2) is 29.8 Å². The highest BCUT2D eigenvalue weighted by Crippen LogP contribution is 2.28. The number of benzene rings is 1. The Morgan fingerprint density at radius 3 is 2.10 bits per heavy atom. The van der Waals surface area contributed by atoms with E-state index in [4.69, 9.17) is 23.2 Å². The van der Waals surface area contributed by atoms with Crippen LogP contribution in [-0.4, -0.2) is 53.0 Å². The Balaban J connectivity index is 2.37. The van der Waals surface area contributed by atoms with Crippen molar-refractivity contribution >= 4 is 40.5 Å². The van der Waals surface area contributed by atoms with Gasteiger partial charge in [-0.25, -0.2) is 0 Å². The number of rotatable bonds is 6. The smallest absolute Gasteiger partial charge is 0.234 e. The fourth-order valence-corrected chi connectivity index (χ4v) is 2.77. The number of hydrogen-bond donors (Lipinski definition) is 1. The number of nitrogens with zero attached hydrogens (tertiary/aromatic N) is 1. The number of Topliss-reactive ketones (excluding diaryl/α,β-unsaturated/α-hetero) is 2. The average molecular weight is 328 g/mol. The molecule has 0 spiro atoms. The van der Waals surface area contributed by atoms with Crippen molar-refractivity contribution < 1.29 is 14.7 Å². The third kappa shape index (κ3) is 3.28. The number of aliphatic hydroxyl groups is 1. The van der Waals surface area contributed by atoms with Gasteiger partial charge in [0.15, 0.2) is 0 Å². The molecule has 4 nitrogen and oxygen atoms in total. The Bertz CT molecular complexity index is 592. The maximum absolute atomic E-state index is 12.2. The van der Waals surface area contributed by atoms with Gasteiger partial charge in [-0.2, -0.15) is 0 Å². The zero-order chi connectivity index (χ0) is 15.4. The minimum atomic E-state index is -0.666. The molecule has 1 aliphatic rings.